The maximum Gasteiger partial charge on any atom is 0.341 e. The summed E-state index contributed by atoms with van der Waals surface area (Å²) >= 11 is 0. The number of nitrogens with one attached hydrogen (secondary N) is 1. The van der Waals surface area contributed by atoms with Crippen LogP contribution in [0.3, 0.4) is 0 Å². The zero-order chi connectivity index (χ0) is 18.6. The number of nitrogens with zero attached hydrogens (tertiary/aromatic N) is 1. The van der Waals surface area contributed by atoms with Crippen LogP contribution in [0.5, 0.6) is 0 Å². The van der Waals surface area contributed by atoms with E-state index in [1.54, 1.807) is 4.90 Å². The summed E-state index contributed by atoms with van der Waals surface area (Å²) in [7, 11) is -2.62. The van der Waals surface area contributed by atoms with E-state index in [0.29, 0.717) is 6.54 Å². The van der Waals surface area contributed by atoms with Crippen LogP contribution in [-0.4, -0.2) is 51.4 Å². The van der Waals surface area contributed by atoms with E-state index < -0.39 is 34.0 Å². The predicted octanol–water partition coefficient (Wildman–Crippen LogP) is 1.29. The first kappa shape index (κ1) is 19.3. The Morgan fingerprint density at radius 3 is 2.72 bits per heavy atom. The van der Waals surface area contributed by atoms with Gasteiger partial charge in [-0.3, -0.25) is 4.79 Å². The van der Waals surface area contributed by atoms with Gasteiger partial charge in [-0.2, -0.15) is 0 Å². The van der Waals surface area contributed by atoms with Crippen LogP contribution in [-0.2, 0) is 19.6 Å². The molecule has 9 heteroatoms. The third-order valence-corrected chi connectivity index (χ3v) is 5.60. The first-order chi connectivity index (χ1) is 11.8. The Bertz CT molecular complexity index is 766. The summed E-state index contributed by atoms with van der Waals surface area (Å²) in [5.41, 5.74) is -0.532. The maximum atomic E-state index is 13.8. The molecule has 0 aromatic heterocycles. The molecule has 1 atom stereocenters. The van der Waals surface area contributed by atoms with Crippen molar-refractivity contribution in [2.24, 2.45) is 0 Å². The van der Waals surface area contributed by atoms with Crippen LogP contribution in [0.15, 0.2) is 23.1 Å². The van der Waals surface area contributed by atoms with E-state index in [2.05, 4.69) is 4.72 Å². The SMILES string of the molecule is CNS(=O)(=O)c1ccc(F)c(C(=O)OCC(=O)N2CCCCC2C)c1. The molecule has 7 nitrogen and oxygen atoms in total. The monoisotopic (exact) mass is 372 g/mol. The van der Waals surface area contributed by atoms with Crippen LogP contribution < -0.4 is 4.72 Å². The lowest BCUT2D eigenvalue weighted by Gasteiger charge is -2.33. The number of esters is 1. The fraction of sp³-hybridized carbons (Fsp3) is 0.500. The van der Waals surface area contributed by atoms with Gasteiger partial charge in [0.25, 0.3) is 5.91 Å². The highest BCUT2D eigenvalue weighted by molar-refractivity contribution is 7.89. The van der Waals surface area contributed by atoms with Crippen molar-refractivity contribution in [2.45, 2.75) is 37.1 Å². The predicted molar refractivity (Wildman–Crippen MR) is 88.0 cm³/mol. The van der Waals surface area contributed by atoms with E-state index in [9.17, 15) is 22.4 Å². The molecule has 25 heavy (non-hydrogen) atoms. The molecule has 1 saturated heterocycles. The number of carbonyl (C=O) groups excluding carboxylic acids is 2. The van der Waals surface area contributed by atoms with E-state index >= 15 is 0 Å². The molecule has 1 aromatic carbocycles. The molecule has 0 aliphatic carbocycles. The van der Waals surface area contributed by atoms with Crippen LogP contribution in [0, 0.1) is 5.82 Å². The minimum Gasteiger partial charge on any atom is -0.452 e. The van der Waals surface area contributed by atoms with Crippen molar-refractivity contribution < 1.29 is 27.1 Å². The first-order valence-corrected chi connectivity index (χ1v) is 9.44. The molecule has 1 unspecified atom stereocenters. The number of halogens is 1. The van der Waals surface area contributed by atoms with Crippen molar-refractivity contribution in [2.75, 3.05) is 20.2 Å². The molecule has 2 rings (SSSR count). The van der Waals surface area contributed by atoms with Gasteiger partial charge in [0.2, 0.25) is 10.0 Å². The Kier molecular flexibility index (Phi) is 6.12. The van der Waals surface area contributed by atoms with E-state index in [-0.39, 0.29) is 16.8 Å². The molecule has 1 aromatic rings. The van der Waals surface area contributed by atoms with Gasteiger partial charge < -0.3 is 9.64 Å². The zero-order valence-corrected chi connectivity index (χ0v) is 14.9. The lowest BCUT2D eigenvalue weighted by atomic mass is 10.0. The molecule has 1 N–H and O–H groups in total. The fourth-order valence-electron chi connectivity index (χ4n) is 2.70. The van der Waals surface area contributed by atoms with Crippen molar-refractivity contribution in [1.82, 2.24) is 9.62 Å². The zero-order valence-electron chi connectivity index (χ0n) is 14.1. The number of likely N-dealkylation sites (tertiary alicyclic amines) is 1. The summed E-state index contributed by atoms with van der Waals surface area (Å²) in [6.07, 6.45) is 2.82. The Balaban J connectivity index is 2.08. The highest BCUT2D eigenvalue weighted by Gasteiger charge is 2.25. The van der Waals surface area contributed by atoms with Crippen molar-refractivity contribution in [3.8, 4) is 0 Å². The first-order valence-electron chi connectivity index (χ1n) is 7.96. The van der Waals surface area contributed by atoms with Gasteiger partial charge in [0.15, 0.2) is 6.61 Å². The van der Waals surface area contributed by atoms with Crippen LogP contribution in [0.2, 0.25) is 0 Å². The summed E-state index contributed by atoms with van der Waals surface area (Å²) in [5, 5.41) is 0. The number of amides is 1. The minimum atomic E-state index is -3.83. The van der Waals surface area contributed by atoms with Gasteiger partial charge in [-0.05, 0) is 51.4 Å². The average Bonchev–Trinajstić information content (AvgIpc) is 2.60. The molecule has 0 bridgehead atoms. The number of hydrogen-bond donors (Lipinski definition) is 1. The lowest BCUT2D eigenvalue weighted by molar-refractivity contribution is -0.137. The van der Waals surface area contributed by atoms with Gasteiger partial charge >= 0.3 is 5.97 Å². The molecule has 0 radical (unpaired) electrons. The van der Waals surface area contributed by atoms with E-state index in [1.807, 2.05) is 6.92 Å². The van der Waals surface area contributed by atoms with Gasteiger partial charge in [0, 0.05) is 12.6 Å². The normalized spacial score (nSPS) is 18.0. The molecule has 0 saturated carbocycles. The van der Waals surface area contributed by atoms with Crippen molar-refractivity contribution in [3.63, 3.8) is 0 Å². The minimum absolute atomic E-state index is 0.0702. The summed E-state index contributed by atoms with van der Waals surface area (Å²) in [6, 6.07) is 2.87. The molecule has 138 valence electrons. The molecule has 1 heterocycles. The Morgan fingerprint density at radius 1 is 1.36 bits per heavy atom. The molecule has 1 aliphatic heterocycles. The number of ether oxygens (including phenoxy) is 1. The molecule has 1 aliphatic rings. The van der Waals surface area contributed by atoms with Crippen LogP contribution in [0.1, 0.15) is 36.5 Å². The summed E-state index contributed by atoms with van der Waals surface area (Å²) in [6.45, 7) is 2.01. The quantitative estimate of drug-likeness (QED) is 0.787. The molecule has 1 fully saturated rings. The Morgan fingerprint density at radius 2 is 2.08 bits per heavy atom. The van der Waals surface area contributed by atoms with Crippen molar-refractivity contribution in [3.05, 3.63) is 29.6 Å². The Labute approximate surface area is 146 Å². The van der Waals surface area contributed by atoms with Gasteiger partial charge in [0.1, 0.15) is 5.82 Å². The average molecular weight is 372 g/mol. The van der Waals surface area contributed by atoms with Gasteiger partial charge in [-0.15, -0.1) is 0 Å². The molecular weight excluding hydrogens is 351 g/mol. The van der Waals surface area contributed by atoms with E-state index in [1.165, 1.54) is 7.05 Å². The third kappa shape index (κ3) is 4.55. The molecule has 1 amide bonds. The van der Waals surface area contributed by atoms with Gasteiger partial charge in [0.05, 0.1) is 10.5 Å². The number of benzene rings is 1. The number of sulfonamides is 1. The second kappa shape index (κ2) is 7.92. The summed E-state index contributed by atoms with van der Waals surface area (Å²) in [4.78, 5) is 25.6. The molecule has 0 spiro atoms. The number of hydrogen-bond acceptors (Lipinski definition) is 5. The fourth-order valence-corrected chi connectivity index (χ4v) is 3.46. The van der Waals surface area contributed by atoms with Gasteiger partial charge in [-0.1, -0.05) is 0 Å². The van der Waals surface area contributed by atoms with E-state index in [4.69, 9.17) is 4.74 Å². The topological polar surface area (TPSA) is 92.8 Å². The van der Waals surface area contributed by atoms with Crippen molar-refractivity contribution >= 4 is 21.9 Å². The van der Waals surface area contributed by atoms with Crippen LogP contribution in [0.4, 0.5) is 4.39 Å². The summed E-state index contributed by atoms with van der Waals surface area (Å²) in [5.74, 6) is -2.34. The summed E-state index contributed by atoms with van der Waals surface area (Å²) < 4.78 is 44.3. The second-order valence-electron chi connectivity index (χ2n) is 5.86. The highest BCUT2D eigenvalue weighted by Crippen LogP contribution is 2.18. The number of rotatable bonds is 5. The number of piperidine rings is 1. The van der Waals surface area contributed by atoms with Crippen LogP contribution in [0.25, 0.3) is 0 Å². The van der Waals surface area contributed by atoms with Crippen molar-refractivity contribution in [1.29, 1.82) is 0 Å². The standard InChI is InChI=1S/C16H21FN2O5S/c1-11-5-3-4-8-19(11)15(20)10-24-16(21)13-9-12(6-7-14(13)17)25(22,23)18-2/h6-7,9,11,18H,3-5,8,10H2,1-2H3. The Hall–Kier alpha value is -2.00. The van der Waals surface area contributed by atoms with E-state index in [0.717, 1.165) is 37.5 Å². The largest absolute Gasteiger partial charge is 0.452 e. The smallest absolute Gasteiger partial charge is 0.341 e. The third-order valence-electron chi connectivity index (χ3n) is 4.19. The number of carbonyl (C=O) groups is 2. The lowest BCUT2D eigenvalue weighted by Crippen LogP contribution is -2.44. The molecular formula is C16H21FN2O5S. The van der Waals surface area contributed by atoms with Crippen LogP contribution >= 0.6 is 0 Å². The second-order valence-corrected chi connectivity index (χ2v) is 7.74. The van der Waals surface area contributed by atoms with Gasteiger partial charge in [-0.25, -0.2) is 22.3 Å². The maximum absolute atomic E-state index is 13.8. The highest BCUT2D eigenvalue weighted by atomic mass is 32.2.